The normalized spacial score (nSPS) is 10.2. The number of carbonyl (C=O) groups is 1. The fourth-order valence-corrected chi connectivity index (χ4v) is 2.19. The van der Waals surface area contributed by atoms with Gasteiger partial charge in [-0.3, -0.25) is 4.79 Å². The lowest BCUT2D eigenvalue weighted by molar-refractivity contribution is 0.0953. The van der Waals surface area contributed by atoms with Gasteiger partial charge in [0.2, 0.25) is 0 Å². The van der Waals surface area contributed by atoms with Gasteiger partial charge in [0.1, 0.15) is 0 Å². The van der Waals surface area contributed by atoms with Crippen LogP contribution < -0.4 is 10.1 Å². The summed E-state index contributed by atoms with van der Waals surface area (Å²) in [4.78, 5) is 16.0. The minimum Gasteiger partial charge on any atom is -0.504 e. The number of hydrogen-bond donors (Lipinski definition) is 2. The Morgan fingerprint density at radius 1 is 1.53 bits per heavy atom. The molecular weight excluding hydrogens is 264 g/mol. The van der Waals surface area contributed by atoms with Gasteiger partial charge in [-0.25, -0.2) is 4.98 Å². The Kier molecular flexibility index (Phi) is 4.35. The number of aromatic nitrogens is 1. The number of benzene rings is 1. The van der Waals surface area contributed by atoms with E-state index in [4.69, 9.17) is 4.74 Å². The van der Waals surface area contributed by atoms with Gasteiger partial charge >= 0.3 is 0 Å². The molecule has 100 valence electrons. The molecule has 0 saturated carbocycles. The van der Waals surface area contributed by atoms with Crippen molar-refractivity contribution in [2.24, 2.45) is 0 Å². The van der Waals surface area contributed by atoms with Gasteiger partial charge in [-0.2, -0.15) is 0 Å². The molecule has 2 aromatic rings. The quantitative estimate of drug-likeness (QED) is 0.875. The fourth-order valence-electron chi connectivity index (χ4n) is 1.60. The van der Waals surface area contributed by atoms with Crippen molar-refractivity contribution in [2.45, 2.75) is 6.42 Å². The molecule has 0 atom stereocenters. The number of phenols is 1. The number of aromatic hydroxyl groups is 1. The predicted octanol–water partition coefficient (Wildman–Crippen LogP) is 1.83. The van der Waals surface area contributed by atoms with Gasteiger partial charge in [0.05, 0.1) is 18.3 Å². The third-order valence-corrected chi connectivity index (χ3v) is 3.23. The molecule has 2 rings (SSSR count). The lowest BCUT2D eigenvalue weighted by Gasteiger charge is -2.07. The summed E-state index contributed by atoms with van der Waals surface area (Å²) >= 11 is 1.53. The molecule has 0 saturated heterocycles. The van der Waals surface area contributed by atoms with Crippen molar-refractivity contribution in [3.8, 4) is 11.5 Å². The van der Waals surface area contributed by atoms with E-state index in [0.29, 0.717) is 24.3 Å². The second kappa shape index (κ2) is 6.19. The summed E-state index contributed by atoms with van der Waals surface area (Å²) < 4.78 is 4.92. The van der Waals surface area contributed by atoms with Crippen molar-refractivity contribution in [1.82, 2.24) is 10.3 Å². The number of hydrogen-bond acceptors (Lipinski definition) is 5. The highest BCUT2D eigenvalue weighted by atomic mass is 32.1. The monoisotopic (exact) mass is 278 g/mol. The second-order valence-electron chi connectivity index (χ2n) is 3.87. The molecule has 1 heterocycles. The number of thiazole rings is 1. The SMILES string of the molecule is COc1ccc(C(=O)NCCc2cscn2)cc1O. The zero-order chi connectivity index (χ0) is 13.7. The third kappa shape index (κ3) is 3.45. The van der Waals surface area contributed by atoms with E-state index < -0.39 is 0 Å². The molecule has 0 aliphatic carbocycles. The number of methoxy groups -OCH3 is 1. The first kappa shape index (κ1) is 13.4. The van der Waals surface area contributed by atoms with Crippen LogP contribution in [0, 0.1) is 0 Å². The number of rotatable bonds is 5. The Labute approximate surface area is 114 Å². The highest BCUT2D eigenvalue weighted by Gasteiger charge is 2.09. The Morgan fingerprint density at radius 2 is 2.37 bits per heavy atom. The van der Waals surface area contributed by atoms with Gasteiger partial charge < -0.3 is 15.2 Å². The van der Waals surface area contributed by atoms with E-state index in [1.165, 1.54) is 24.5 Å². The molecule has 1 amide bonds. The predicted molar refractivity (Wildman–Crippen MR) is 72.8 cm³/mol. The summed E-state index contributed by atoms with van der Waals surface area (Å²) in [6.45, 7) is 0.509. The van der Waals surface area contributed by atoms with Crippen molar-refractivity contribution in [2.75, 3.05) is 13.7 Å². The van der Waals surface area contributed by atoms with E-state index >= 15 is 0 Å². The zero-order valence-electron chi connectivity index (χ0n) is 10.4. The number of carbonyl (C=O) groups excluding carboxylic acids is 1. The maximum absolute atomic E-state index is 11.8. The minimum absolute atomic E-state index is 0.0466. The van der Waals surface area contributed by atoms with Crippen LogP contribution in [-0.2, 0) is 6.42 Å². The summed E-state index contributed by atoms with van der Waals surface area (Å²) in [6, 6.07) is 4.55. The average Bonchev–Trinajstić information content (AvgIpc) is 2.91. The molecule has 1 aromatic heterocycles. The molecule has 5 nitrogen and oxygen atoms in total. The maximum atomic E-state index is 11.8. The van der Waals surface area contributed by atoms with Crippen LogP contribution in [0.2, 0.25) is 0 Å². The molecule has 0 radical (unpaired) electrons. The van der Waals surface area contributed by atoms with Gasteiger partial charge in [0, 0.05) is 23.9 Å². The van der Waals surface area contributed by atoms with E-state index in [0.717, 1.165) is 5.69 Å². The summed E-state index contributed by atoms with van der Waals surface area (Å²) in [5.41, 5.74) is 3.12. The van der Waals surface area contributed by atoms with Crippen LogP contribution >= 0.6 is 11.3 Å². The Bertz CT molecular complexity index is 555. The van der Waals surface area contributed by atoms with Crippen molar-refractivity contribution in [1.29, 1.82) is 0 Å². The number of amides is 1. The van der Waals surface area contributed by atoms with Crippen molar-refractivity contribution >= 4 is 17.2 Å². The summed E-state index contributed by atoms with van der Waals surface area (Å²) in [5, 5.41) is 14.3. The topological polar surface area (TPSA) is 71.5 Å². The van der Waals surface area contributed by atoms with E-state index in [1.54, 1.807) is 17.6 Å². The van der Waals surface area contributed by atoms with E-state index in [2.05, 4.69) is 10.3 Å². The lowest BCUT2D eigenvalue weighted by atomic mass is 10.2. The third-order valence-electron chi connectivity index (χ3n) is 2.59. The number of nitrogens with zero attached hydrogens (tertiary/aromatic N) is 1. The van der Waals surface area contributed by atoms with Crippen LogP contribution in [0.5, 0.6) is 11.5 Å². The van der Waals surface area contributed by atoms with Crippen LogP contribution in [0.15, 0.2) is 29.1 Å². The van der Waals surface area contributed by atoms with E-state index in [1.807, 2.05) is 5.38 Å². The minimum atomic E-state index is -0.229. The Hall–Kier alpha value is -2.08. The molecular formula is C13H14N2O3S. The number of ether oxygens (including phenoxy) is 1. The molecule has 0 aliphatic rings. The summed E-state index contributed by atoms with van der Waals surface area (Å²) in [7, 11) is 1.46. The molecule has 2 N–H and O–H groups in total. The lowest BCUT2D eigenvalue weighted by Crippen LogP contribution is -2.25. The Morgan fingerprint density at radius 3 is 3.00 bits per heavy atom. The van der Waals surface area contributed by atoms with Gasteiger partial charge in [-0.15, -0.1) is 11.3 Å². The fraction of sp³-hybridized carbons (Fsp3) is 0.231. The van der Waals surface area contributed by atoms with Gasteiger partial charge in [0.25, 0.3) is 5.91 Å². The molecule has 0 spiro atoms. The average molecular weight is 278 g/mol. The first-order chi connectivity index (χ1) is 9.20. The van der Waals surface area contributed by atoms with Gasteiger partial charge in [-0.1, -0.05) is 0 Å². The smallest absolute Gasteiger partial charge is 0.251 e. The van der Waals surface area contributed by atoms with E-state index in [-0.39, 0.29) is 11.7 Å². The number of phenolic OH excluding ortho intramolecular Hbond substituents is 1. The first-order valence-corrected chi connectivity index (χ1v) is 6.67. The molecule has 0 bridgehead atoms. The summed E-state index contributed by atoms with van der Waals surface area (Å²) in [5.74, 6) is 0.0712. The standard InChI is InChI=1S/C13H14N2O3S/c1-18-12-3-2-9(6-11(12)16)13(17)14-5-4-10-7-19-8-15-10/h2-3,6-8,16H,4-5H2,1H3,(H,14,17). The molecule has 0 fully saturated rings. The number of nitrogens with one attached hydrogen (secondary N) is 1. The van der Waals surface area contributed by atoms with Gasteiger partial charge in [-0.05, 0) is 18.2 Å². The Balaban J connectivity index is 1.91. The highest BCUT2D eigenvalue weighted by molar-refractivity contribution is 7.07. The van der Waals surface area contributed by atoms with E-state index in [9.17, 15) is 9.90 Å². The molecule has 6 heteroatoms. The molecule has 0 unspecified atom stereocenters. The van der Waals surface area contributed by atoms with Crippen LogP contribution in [0.4, 0.5) is 0 Å². The molecule has 19 heavy (non-hydrogen) atoms. The first-order valence-electron chi connectivity index (χ1n) is 5.73. The van der Waals surface area contributed by atoms with Crippen LogP contribution in [-0.4, -0.2) is 29.7 Å². The molecule has 1 aromatic carbocycles. The van der Waals surface area contributed by atoms with Crippen LogP contribution in [0.25, 0.3) is 0 Å². The highest BCUT2D eigenvalue weighted by Crippen LogP contribution is 2.26. The van der Waals surface area contributed by atoms with Crippen molar-refractivity contribution < 1.29 is 14.6 Å². The zero-order valence-corrected chi connectivity index (χ0v) is 11.2. The van der Waals surface area contributed by atoms with Crippen molar-refractivity contribution in [3.05, 3.63) is 40.3 Å². The summed E-state index contributed by atoms with van der Waals surface area (Å²) in [6.07, 6.45) is 0.692. The largest absolute Gasteiger partial charge is 0.504 e. The second-order valence-corrected chi connectivity index (χ2v) is 4.59. The van der Waals surface area contributed by atoms with Crippen LogP contribution in [0.1, 0.15) is 16.1 Å². The van der Waals surface area contributed by atoms with Crippen LogP contribution in [0.3, 0.4) is 0 Å². The maximum Gasteiger partial charge on any atom is 0.251 e. The van der Waals surface area contributed by atoms with Gasteiger partial charge in [0.15, 0.2) is 11.5 Å². The molecule has 0 aliphatic heterocycles. The van der Waals surface area contributed by atoms with Crippen molar-refractivity contribution in [3.63, 3.8) is 0 Å².